The Morgan fingerprint density at radius 2 is 1.97 bits per heavy atom. The van der Waals surface area contributed by atoms with E-state index in [0.717, 1.165) is 11.3 Å². The number of anilines is 2. The number of rotatable bonds is 6. The number of nitrogens with zero attached hydrogens (tertiary/aromatic N) is 8. The first-order valence-corrected chi connectivity index (χ1v) is 11.1. The molecule has 178 valence electrons. The predicted molar refractivity (Wildman–Crippen MR) is 130 cm³/mol. The molecule has 5 aromatic rings. The molecule has 5 rings (SSSR count). The summed E-state index contributed by atoms with van der Waals surface area (Å²) in [7, 11) is 1.76. The van der Waals surface area contributed by atoms with E-state index in [0.29, 0.717) is 40.6 Å². The standard InChI is InChI=1S/C23H24N10O2/c1-5-15(29-19-17(18(24)25-11-26-19)20-28-13(3)35-31-20)22-30-21-14(10-27-32(21)4)23(34)33(22)16-9-7-6-8-12(16)2/h6-11,15H,5H2,1-4H3,(H3,24,25,26,29). The van der Waals surface area contributed by atoms with Gasteiger partial charge >= 0.3 is 0 Å². The number of nitrogens with one attached hydrogen (secondary N) is 1. The Hall–Kier alpha value is -4.61. The summed E-state index contributed by atoms with van der Waals surface area (Å²) in [5.74, 6) is 1.77. The molecule has 0 fully saturated rings. The first kappa shape index (κ1) is 22.2. The summed E-state index contributed by atoms with van der Waals surface area (Å²) in [6.45, 7) is 5.63. The minimum Gasteiger partial charge on any atom is -0.383 e. The van der Waals surface area contributed by atoms with Crippen molar-refractivity contribution in [3.8, 4) is 17.1 Å². The zero-order chi connectivity index (χ0) is 24.7. The van der Waals surface area contributed by atoms with Crippen molar-refractivity contribution in [1.29, 1.82) is 0 Å². The normalized spacial score (nSPS) is 12.2. The maximum absolute atomic E-state index is 13.7. The topological polar surface area (TPSA) is 155 Å². The maximum atomic E-state index is 13.7. The van der Waals surface area contributed by atoms with Crippen molar-refractivity contribution >= 4 is 22.7 Å². The second kappa shape index (κ2) is 8.63. The largest absolute Gasteiger partial charge is 0.383 e. The lowest BCUT2D eigenvalue weighted by Crippen LogP contribution is -2.29. The van der Waals surface area contributed by atoms with E-state index >= 15 is 0 Å². The summed E-state index contributed by atoms with van der Waals surface area (Å²) in [5.41, 5.74) is 8.54. The van der Waals surface area contributed by atoms with Crippen LogP contribution in [-0.4, -0.2) is 39.4 Å². The fraction of sp³-hybridized carbons (Fsp3) is 0.261. The number of benzene rings is 1. The molecule has 1 aromatic carbocycles. The Balaban J connectivity index is 1.71. The molecule has 12 heteroatoms. The number of nitrogen functional groups attached to an aromatic ring is 1. The minimum absolute atomic E-state index is 0.199. The van der Waals surface area contributed by atoms with Crippen LogP contribution in [0.1, 0.15) is 36.7 Å². The third kappa shape index (κ3) is 3.78. The number of aromatic nitrogens is 8. The van der Waals surface area contributed by atoms with Gasteiger partial charge in [0.15, 0.2) is 5.65 Å². The molecule has 0 radical (unpaired) electrons. The third-order valence-electron chi connectivity index (χ3n) is 5.81. The minimum atomic E-state index is -0.428. The van der Waals surface area contributed by atoms with Gasteiger partial charge in [-0.2, -0.15) is 10.1 Å². The van der Waals surface area contributed by atoms with Crippen molar-refractivity contribution in [2.75, 3.05) is 11.1 Å². The molecule has 0 saturated heterocycles. The second-order valence-corrected chi connectivity index (χ2v) is 8.13. The monoisotopic (exact) mass is 472 g/mol. The van der Waals surface area contributed by atoms with Crippen LogP contribution in [0.5, 0.6) is 0 Å². The summed E-state index contributed by atoms with van der Waals surface area (Å²) >= 11 is 0. The van der Waals surface area contributed by atoms with E-state index in [1.165, 1.54) is 6.33 Å². The molecule has 0 bridgehead atoms. The highest BCUT2D eigenvalue weighted by molar-refractivity contribution is 5.79. The van der Waals surface area contributed by atoms with Crippen LogP contribution in [0.25, 0.3) is 28.1 Å². The SMILES string of the molecule is CCC(Nc1ncnc(N)c1-c1noc(C)n1)c1nc2c(cnn2C)c(=O)n1-c1ccccc1C. The molecule has 1 atom stereocenters. The van der Waals surface area contributed by atoms with Gasteiger partial charge in [-0.05, 0) is 25.0 Å². The third-order valence-corrected chi connectivity index (χ3v) is 5.81. The molecular weight excluding hydrogens is 448 g/mol. The van der Waals surface area contributed by atoms with Gasteiger partial charge in [0.1, 0.15) is 34.7 Å². The molecule has 3 N–H and O–H groups in total. The Morgan fingerprint density at radius 1 is 1.17 bits per heavy atom. The van der Waals surface area contributed by atoms with Gasteiger partial charge in [0.2, 0.25) is 11.7 Å². The molecule has 4 aromatic heterocycles. The zero-order valence-corrected chi connectivity index (χ0v) is 19.7. The van der Waals surface area contributed by atoms with E-state index in [4.69, 9.17) is 15.2 Å². The van der Waals surface area contributed by atoms with Crippen molar-refractivity contribution in [3.05, 3.63) is 64.4 Å². The van der Waals surface area contributed by atoms with Crippen LogP contribution >= 0.6 is 0 Å². The quantitative estimate of drug-likeness (QED) is 0.377. The van der Waals surface area contributed by atoms with E-state index in [9.17, 15) is 4.79 Å². The lowest BCUT2D eigenvalue weighted by atomic mass is 10.1. The predicted octanol–water partition coefficient (Wildman–Crippen LogP) is 2.72. The molecule has 0 spiro atoms. The molecule has 0 saturated carbocycles. The Labute approximate surface area is 199 Å². The van der Waals surface area contributed by atoms with Gasteiger partial charge in [-0.3, -0.25) is 14.0 Å². The first-order chi connectivity index (χ1) is 16.9. The Kier molecular flexibility index (Phi) is 5.47. The van der Waals surface area contributed by atoms with Crippen LogP contribution in [-0.2, 0) is 7.05 Å². The van der Waals surface area contributed by atoms with Crippen LogP contribution in [0.2, 0.25) is 0 Å². The molecule has 0 amide bonds. The van der Waals surface area contributed by atoms with E-state index in [2.05, 4.69) is 30.5 Å². The number of para-hydroxylation sites is 1. The van der Waals surface area contributed by atoms with E-state index in [1.807, 2.05) is 38.1 Å². The van der Waals surface area contributed by atoms with E-state index in [1.54, 1.807) is 29.4 Å². The van der Waals surface area contributed by atoms with Crippen molar-refractivity contribution in [3.63, 3.8) is 0 Å². The van der Waals surface area contributed by atoms with Crippen molar-refractivity contribution in [2.24, 2.45) is 7.05 Å². The average molecular weight is 473 g/mol. The molecule has 0 aliphatic carbocycles. The maximum Gasteiger partial charge on any atom is 0.269 e. The van der Waals surface area contributed by atoms with Crippen LogP contribution in [0.15, 0.2) is 46.1 Å². The highest BCUT2D eigenvalue weighted by Crippen LogP contribution is 2.32. The molecule has 4 heterocycles. The zero-order valence-electron chi connectivity index (χ0n) is 19.7. The average Bonchev–Trinajstić information content (AvgIpc) is 3.44. The van der Waals surface area contributed by atoms with Crippen LogP contribution < -0.4 is 16.6 Å². The summed E-state index contributed by atoms with van der Waals surface area (Å²) < 4.78 is 8.35. The van der Waals surface area contributed by atoms with Gasteiger partial charge in [0.05, 0.1) is 17.9 Å². The lowest BCUT2D eigenvalue weighted by Gasteiger charge is -2.23. The van der Waals surface area contributed by atoms with Gasteiger partial charge in [-0.1, -0.05) is 30.3 Å². The molecule has 1 unspecified atom stereocenters. The highest BCUT2D eigenvalue weighted by atomic mass is 16.5. The lowest BCUT2D eigenvalue weighted by molar-refractivity contribution is 0.394. The Bertz CT molecular complexity index is 1600. The fourth-order valence-corrected chi connectivity index (χ4v) is 4.02. The van der Waals surface area contributed by atoms with Gasteiger partial charge in [-0.15, -0.1) is 0 Å². The van der Waals surface area contributed by atoms with Crippen LogP contribution in [0, 0.1) is 13.8 Å². The Morgan fingerprint density at radius 3 is 2.69 bits per heavy atom. The summed E-state index contributed by atoms with van der Waals surface area (Å²) in [4.78, 5) is 31.4. The molecule has 12 nitrogen and oxygen atoms in total. The van der Waals surface area contributed by atoms with E-state index < -0.39 is 6.04 Å². The molecule has 0 aliphatic rings. The molecule has 35 heavy (non-hydrogen) atoms. The smallest absolute Gasteiger partial charge is 0.269 e. The number of nitrogens with two attached hydrogens (primary N) is 1. The van der Waals surface area contributed by atoms with Gasteiger partial charge in [0.25, 0.3) is 5.56 Å². The van der Waals surface area contributed by atoms with Crippen LogP contribution in [0.4, 0.5) is 11.6 Å². The second-order valence-electron chi connectivity index (χ2n) is 8.13. The van der Waals surface area contributed by atoms with Crippen molar-refractivity contribution in [2.45, 2.75) is 33.2 Å². The number of fused-ring (bicyclic) bond motifs is 1. The van der Waals surface area contributed by atoms with Gasteiger partial charge < -0.3 is 15.6 Å². The van der Waals surface area contributed by atoms with Gasteiger partial charge in [0, 0.05) is 14.0 Å². The summed E-state index contributed by atoms with van der Waals surface area (Å²) in [5, 5.41) is 12.1. The number of aryl methyl sites for hydroxylation is 3. The molecule has 0 aliphatic heterocycles. The van der Waals surface area contributed by atoms with Crippen molar-refractivity contribution < 1.29 is 4.52 Å². The first-order valence-electron chi connectivity index (χ1n) is 11.1. The van der Waals surface area contributed by atoms with Gasteiger partial charge in [-0.25, -0.2) is 15.0 Å². The van der Waals surface area contributed by atoms with Crippen molar-refractivity contribution in [1.82, 2.24) is 39.4 Å². The number of hydrogen-bond acceptors (Lipinski definition) is 10. The summed E-state index contributed by atoms with van der Waals surface area (Å²) in [6, 6.07) is 7.24. The summed E-state index contributed by atoms with van der Waals surface area (Å²) in [6.07, 6.45) is 3.47. The van der Waals surface area contributed by atoms with E-state index in [-0.39, 0.29) is 17.2 Å². The highest BCUT2D eigenvalue weighted by Gasteiger charge is 2.25. The van der Waals surface area contributed by atoms with Crippen LogP contribution in [0.3, 0.4) is 0 Å². The fourth-order valence-electron chi connectivity index (χ4n) is 4.02. The molecular formula is C23H24N10O2. The number of hydrogen-bond donors (Lipinski definition) is 2.